The van der Waals surface area contributed by atoms with Crippen molar-refractivity contribution in [3.63, 3.8) is 0 Å². The molecule has 1 unspecified atom stereocenters. The summed E-state index contributed by atoms with van der Waals surface area (Å²) in [6.07, 6.45) is 2.35. The molecule has 0 aliphatic carbocycles. The highest BCUT2D eigenvalue weighted by atomic mass is 35.5. The topological polar surface area (TPSA) is 70.7 Å². The fourth-order valence-corrected chi connectivity index (χ4v) is 4.12. The molecule has 2 N–H and O–H groups in total. The monoisotopic (exact) mass is 359 g/mol. The molecule has 1 amide bonds. The Bertz CT molecular complexity index is 572. The number of esters is 1. The first-order valence-corrected chi connectivity index (χ1v) is 8.39. The number of anilines is 1. The van der Waals surface area contributed by atoms with E-state index in [1.807, 2.05) is 0 Å². The molecule has 1 spiro atoms. The van der Waals surface area contributed by atoms with E-state index in [-0.39, 0.29) is 18.3 Å². The number of nitrogens with one attached hydrogen (secondary N) is 2. The first-order chi connectivity index (χ1) is 10.6. The third-order valence-electron chi connectivity index (χ3n) is 4.53. The van der Waals surface area contributed by atoms with Gasteiger partial charge in [-0.05, 0) is 42.8 Å². The zero-order valence-electron chi connectivity index (χ0n) is 13.1. The number of ether oxygens (including phenoxy) is 1. The Morgan fingerprint density at radius 1 is 1.48 bits per heavy atom. The molecule has 23 heavy (non-hydrogen) atoms. The second-order valence-corrected chi connectivity index (χ2v) is 7.01. The number of halogens is 1. The van der Waals surface area contributed by atoms with E-state index in [9.17, 15) is 9.59 Å². The van der Waals surface area contributed by atoms with Gasteiger partial charge in [-0.25, -0.2) is 4.79 Å². The van der Waals surface area contributed by atoms with E-state index < -0.39 is 5.97 Å². The fraction of sp³-hybridized carbons (Fsp3) is 0.600. The molecule has 1 aromatic heterocycles. The van der Waals surface area contributed by atoms with E-state index in [2.05, 4.69) is 15.5 Å². The van der Waals surface area contributed by atoms with E-state index in [0.29, 0.717) is 22.5 Å². The van der Waals surface area contributed by atoms with E-state index in [4.69, 9.17) is 4.74 Å². The van der Waals surface area contributed by atoms with E-state index >= 15 is 0 Å². The molecule has 1 aromatic rings. The number of methoxy groups -OCH3 is 1. The maximum absolute atomic E-state index is 12.2. The molecule has 3 heterocycles. The van der Waals surface area contributed by atoms with Crippen LogP contribution >= 0.6 is 23.7 Å². The first-order valence-electron chi connectivity index (χ1n) is 7.51. The maximum atomic E-state index is 12.2. The van der Waals surface area contributed by atoms with Crippen molar-refractivity contribution < 1.29 is 14.3 Å². The zero-order chi connectivity index (χ0) is 15.6. The van der Waals surface area contributed by atoms with Gasteiger partial charge in [0, 0.05) is 13.1 Å². The van der Waals surface area contributed by atoms with Gasteiger partial charge in [0.2, 0.25) is 5.91 Å². The summed E-state index contributed by atoms with van der Waals surface area (Å²) in [5.41, 5.74) is 0.901. The van der Waals surface area contributed by atoms with Crippen LogP contribution in [0.15, 0.2) is 11.4 Å². The van der Waals surface area contributed by atoms with Crippen molar-refractivity contribution in [3.05, 3.63) is 16.3 Å². The van der Waals surface area contributed by atoms with Gasteiger partial charge < -0.3 is 15.4 Å². The number of carbonyl (C=O) groups is 2. The van der Waals surface area contributed by atoms with Crippen LogP contribution in [0.4, 0.5) is 5.69 Å². The molecule has 0 saturated carbocycles. The summed E-state index contributed by atoms with van der Waals surface area (Å²) in [4.78, 5) is 26.5. The standard InChI is InChI=1S/C15H21N3O3S.ClH/c1-21-14(20)13-11(2-7-22-13)17-12(19)8-18-6-4-15(10-18)3-5-16-9-15;/h2,7,16H,3-6,8-10H2,1H3,(H,17,19);1H. The highest BCUT2D eigenvalue weighted by Crippen LogP contribution is 2.35. The smallest absolute Gasteiger partial charge is 0.350 e. The second-order valence-electron chi connectivity index (χ2n) is 6.09. The van der Waals surface area contributed by atoms with Crippen molar-refractivity contribution in [2.45, 2.75) is 12.8 Å². The predicted octanol–water partition coefficient (Wildman–Crippen LogP) is 1.58. The highest BCUT2D eigenvalue weighted by molar-refractivity contribution is 7.12. The lowest BCUT2D eigenvalue weighted by molar-refractivity contribution is -0.117. The molecule has 6 nitrogen and oxygen atoms in total. The third kappa shape index (κ3) is 4.03. The van der Waals surface area contributed by atoms with Crippen LogP contribution in [0.3, 0.4) is 0 Å². The van der Waals surface area contributed by atoms with Crippen molar-refractivity contribution in [3.8, 4) is 0 Å². The largest absolute Gasteiger partial charge is 0.465 e. The number of carbonyl (C=O) groups excluding carboxylic acids is 2. The summed E-state index contributed by atoms with van der Waals surface area (Å²) in [5.74, 6) is -0.492. The molecule has 2 aliphatic heterocycles. The number of nitrogens with zero attached hydrogens (tertiary/aromatic N) is 1. The van der Waals surface area contributed by atoms with Crippen molar-refractivity contribution in [1.82, 2.24) is 10.2 Å². The molecular weight excluding hydrogens is 338 g/mol. The van der Waals surface area contributed by atoms with Crippen LogP contribution in [-0.2, 0) is 9.53 Å². The summed E-state index contributed by atoms with van der Waals surface area (Å²) in [7, 11) is 1.34. The molecule has 2 fully saturated rings. The molecule has 0 bridgehead atoms. The van der Waals surface area contributed by atoms with E-state index in [1.165, 1.54) is 24.9 Å². The molecule has 2 aliphatic rings. The molecule has 0 radical (unpaired) electrons. The van der Waals surface area contributed by atoms with Gasteiger partial charge >= 0.3 is 5.97 Å². The molecule has 8 heteroatoms. The summed E-state index contributed by atoms with van der Waals surface area (Å²) in [6, 6.07) is 1.74. The van der Waals surface area contributed by atoms with Gasteiger partial charge in [0.25, 0.3) is 0 Å². The van der Waals surface area contributed by atoms with Crippen molar-refractivity contribution >= 4 is 41.3 Å². The zero-order valence-corrected chi connectivity index (χ0v) is 14.7. The Morgan fingerprint density at radius 3 is 3.00 bits per heavy atom. The molecule has 128 valence electrons. The Balaban J connectivity index is 0.00000192. The Morgan fingerprint density at radius 2 is 2.30 bits per heavy atom. The summed E-state index contributed by atoms with van der Waals surface area (Å²) in [6.45, 7) is 4.45. The van der Waals surface area contributed by atoms with Gasteiger partial charge in [-0.3, -0.25) is 9.69 Å². The van der Waals surface area contributed by atoms with Gasteiger partial charge in [-0.1, -0.05) is 0 Å². The minimum absolute atomic E-state index is 0. The summed E-state index contributed by atoms with van der Waals surface area (Å²) in [5, 5.41) is 8.01. The average Bonchev–Trinajstić information content (AvgIpc) is 3.22. The van der Waals surface area contributed by atoms with Crippen LogP contribution in [0.2, 0.25) is 0 Å². The van der Waals surface area contributed by atoms with Gasteiger partial charge in [-0.15, -0.1) is 23.7 Å². The van der Waals surface area contributed by atoms with Gasteiger partial charge in [0.15, 0.2) is 0 Å². The fourth-order valence-electron chi connectivity index (χ4n) is 3.36. The molecule has 0 aromatic carbocycles. The Kier molecular flexibility index (Phi) is 6.02. The van der Waals surface area contributed by atoms with E-state index in [0.717, 1.165) is 32.6 Å². The lowest BCUT2D eigenvalue weighted by atomic mass is 9.87. The van der Waals surface area contributed by atoms with Gasteiger partial charge in [-0.2, -0.15) is 0 Å². The van der Waals surface area contributed by atoms with Crippen LogP contribution in [0.5, 0.6) is 0 Å². The SMILES string of the molecule is COC(=O)c1sccc1NC(=O)CN1CCC2(CCNC2)C1.Cl. The lowest BCUT2D eigenvalue weighted by Crippen LogP contribution is -2.34. The van der Waals surface area contributed by atoms with Gasteiger partial charge in [0.05, 0.1) is 19.3 Å². The van der Waals surface area contributed by atoms with Crippen LogP contribution in [0, 0.1) is 5.41 Å². The van der Waals surface area contributed by atoms with Crippen LogP contribution in [-0.4, -0.2) is 56.6 Å². The number of hydrogen-bond acceptors (Lipinski definition) is 6. The Labute approximate surface area is 146 Å². The molecule has 1 atom stereocenters. The molecule has 2 saturated heterocycles. The minimum atomic E-state index is -0.414. The highest BCUT2D eigenvalue weighted by Gasteiger charge is 2.40. The minimum Gasteiger partial charge on any atom is -0.465 e. The normalized spacial score (nSPS) is 23.7. The quantitative estimate of drug-likeness (QED) is 0.799. The Hall–Kier alpha value is -1.15. The number of likely N-dealkylation sites (tertiary alicyclic amines) is 1. The first kappa shape index (κ1) is 18.2. The van der Waals surface area contributed by atoms with E-state index in [1.54, 1.807) is 11.4 Å². The summed E-state index contributed by atoms with van der Waals surface area (Å²) >= 11 is 1.27. The number of hydrogen-bond donors (Lipinski definition) is 2. The number of amides is 1. The predicted molar refractivity (Wildman–Crippen MR) is 92.5 cm³/mol. The maximum Gasteiger partial charge on any atom is 0.350 e. The van der Waals surface area contributed by atoms with Crippen LogP contribution < -0.4 is 10.6 Å². The van der Waals surface area contributed by atoms with Crippen LogP contribution in [0.25, 0.3) is 0 Å². The number of thiophene rings is 1. The van der Waals surface area contributed by atoms with Crippen molar-refractivity contribution in [2.24, 2.45) is 5.41 Å². The molecular formula is C15H22ClN3O3S. The lowest BCUT2D eigenvalue weighted by Gasteiger charge is -2.22. The summed E-state index contributed by atoms with van der Waals surface area (Å²) < 4.78 is 4.72. The van der Waals surface area contributed by atoms with Gasteiger partial charge in [0.1, 0.15) is 4.88 Å². The van der Waals surface area contributed by atoms with Crippen molar-refractivity contribution in [2.75, 3.05) is 45.2 Å². The number of rotatable bonds is 4. The van der Waals surface area contributed by atoms with Crippen LogP contribution in [0.1, 0.15) is 22.5 Å². The second kappa shape index (κ2) is 7.61. The third-order valence-corrected chi connectivity index (χ3v) is 5.42. The van der Waals surface area contributed by atoms with Crippen molar-refractivity contribution in [1.29, 1.82) is 0 Å². The molecule has 3 rings (SSSR count). The average molecular weight is 360 g/mol.